The van der Waals surface area contributed by atoms with Crippen molar-refractivity contribution in [2.24, 2.45) is 0 Å². The first-order chi connectivity index (χ1) is 25.7. The lowest BCUT2D eigenvalue weighted by Gasteiger charge is -2.33. The van der Waals surface area contributed by atoms with Crippen molar-refractivity contribution in [3.8, 4) is 16.8 Å². The summed E-state index contributed by atoms with van der Waals surface area (Å²) in [7, 11) is -3.16. The Morgan fingerprint density at radius 1 is 0.462 bits per heavy atom. The Morgan fingerprint density at radius 2 is 0.962 bits per heavy atom. The van der Waals surface area contributed by atoms with Crippen LogP contribution in [0.2, 0.25) is 0 Å². The second-order valence-electron chi connectivity index (χ2n) is 13.4. The molecule has 246 valence electrons. The molecule has 3 nitrogen and oxygen atoms in total. The molecule has 0 unspecified atom stereocenters. The van der Waals surface area contributed by atoms with Crippen LogP contribution in [0, 0.1) is 0 Å². The van der Waals surface area contributed by atoms with E-state index in [0.29, 0.717) is 0 Å². The van der Waals surface area contributed by atoms with Crippen molar-refractivity contribution in [1.29, 1.82) is 0 Å². The van der Waals surface area contributed by atoms with Crippen molar-refractivity contribution in [3.05, 3.63) is 223 Å². The van der Waals surface area contributed by atoms with Crippen molar-refractivity contribution in [3.63, 3.8) is 0 Å². The molecule has 0 radical (unpaired) electrons. The minimum Gasteiger partial charge on any atom is -0.309 e. The van der Waals surface area contributed by atoms with Gasteiger partial charge in [0.15, 0.2) is 7.14 Å². The molecule has 1 aliphatic carbocycles. The van der Waals surface area contributed by atoms with E-state index >= 15 is 4.57 Å². The molecule has 0 saturated heterocycles. The van der Waals surface area contributed by atoms with E-state index in [0.717, 1.165) is 49.3 Å². The summed E-state index contributed by atoms with van der Waals surface area (Å²) >= 11 is 0. The number of para-hydroxylation sites is 2. The molecule has 0 fully saturated rings. The number of aromatic nitrogens is 2. The summed E-state index contributed by atoms with van der Waals surface area (Å²) in [4.78, 5) is 5.41. The molecule has 4 heteroatoms. The maximum absolute atomic E-state index is 15.4. The number of nitrogens with zero attached hydrogens (tertiary/aromatic N) is 2. The average molecular weight is 685 g/mol. The van der Waals surface area contributed by atoms with Crippen molar-refractivity contribution >= 4 is 44.9 Å². The van der Waals surface area contributed by atoms with Crippen LogP contribution in [0.5, 0.6) is 0 Å². The Morgan fingerprint density at radius 3 is 1.58 bits per heavy atom. The van der Waals surface area contributed by atoms with Crippen LogP contribution in [-0.4, -0.2) is 9.55 Å². The predicted octanol–water partition coefficient (Wildman–Crippen LogP) is 10.2. The van der Waals surface area contributed by atoms with E-state index in [1.807, 2.05) is 60.7 Å². The smallest absolute Gasteiger partial charge is 0.171 e. The van der Waals surface area contributed by atoms with Crippen molar-refractivity contribution in [1.82, 2.24) is 9.55 Å². The maximum Gasteiger partial charge on any atom is 0.171 e. The number of benzene rings is 7. The monoisotopic (exact) mass is 684 g/mol. The zero-order valence-corrected chi connectivity index (χ0v) is 29.2. The molecule has 0 aliphatic heterocycles. The molecule has 2 heterocycles. The van der Waals surface area contributed by atoms with Crippen LogP contribution in [0.1, 0.15) is 22.4 Å². The third-order valence-corrected chi connectivity index (χ3v) is 13.9. The van der Waals surface area contributed by atoms with Gasteiger partial charge in [-0.2, -0.15) is 0 Å². The first-order valence-electron chi connectivity index (χ1n) is 17.7. The molecule has 2 aromatic heterocycles. The lowest BCUT2D eigenvalue weighted by atomic mass is 9.69. The molecule has 10 rings (SSSR count). The summed E-state index contributed by atoms with van der Waals surface area (Å²) < 4.78 is 17.7. The van der Waals surface area contributed by atoms with Gasteiger partial charge in [-0.25, -0.2) is 0 Å². The fourth-order valence-electron chi connectivity index (χ4n) is 8.54. The van der Waals surface area contributed by atoms with Gasteiger partial charge in [0.1, 0.15) is 0 Å². The summed E-state index contributed by atoms with van der Waals surface area (Å²) in [6.45, 7) is 0. The van der Waals surface area contributed by atoms with Crippen LogP contribution in [0.4, 0.5) is 0 Å². The number of hydrogen-bond acceptors (Lipinski definition) is 2. The second kappa shape index (κ2) is 11.9. The van der Waals surface area contributed by atoms with Gasteiger partial charge >= 0.3 is 0 Å². The molecule has 0 amide bonds. The van der Waals surface area contributed by atoms with Crippen LogP contribution in [0.3, 0.4) is 0 Å². The van der Waals surface area contributed by atoms with Crippen molar-refractivity contribution in [2.45, 2.75) is 5.41 Å². The van der Waals surface area contributed by atoms with E-state index < -0.39 is 12.6 Å². The van der Waals surface area contributed by atoms with Gasteiger partial charge in [0.25, 0.3) is 0 Å². The Bertz CT molecular complexity index is 2720. The molecule has 9 aromatic rings. The van der Waals surface area contributed by atoms with Gasteiger partial charge in [-0.1, -0.05) is 170 Å². The van der Waals surface area contributed by atoms with Crippen molar-refractivity contribution in [2.75, 3.05) is 0 Å². The molecule has 0 bridgehead atoms. The third kappa shape index (κ3) is 4.33. The average Bonchev–Trinajstić information content (AvgIpc) is 3.72. The molecular formula is C48H33N2OP. The highest BCUT2D eigenvalue weighted by atomic mass is 31.2. The minimum atomic E-state index is -3.16. The van der Waals surface area contributed by atoms with Gasteiger partial charge in [-0.3, -0.25) is 4.98 Å². The van der Waals surface area contributed by atoms with E-state index in [1.54, 1.807) is 0 Å². The SMILES string of the molecule is O=P(c1ccccc1)(c1ccccc1)c1ccc(C2(c3cc4c5ccccc5n(-c5ccccc5)c4cn3)c3ccccc3-c3ccccc32)cc1. The predicted molar refractivity (Wildman–Crippen MR) is 215 cm³/mol. The van der Waals surface area contributed by atoms with Crippen LogP contribution >= 0.6 is 7.14 Å². The van der Waals surface area contributed by atoms with Crippen LogP contribution < -0.4 is 15.9 Å². The Kier molecular flexibility index (Phi) is 6.99. The highest BCUT2D eigenvalue weighted by molar-refractivity contribution is 7.85. The largest absolute Gasteiger partial charge is 0.309 e. The van der Waals surface area contributed by atoms with E-state index in [-0.39, 0.29) is 0 Å². The molecule has 52 heavy (non-hydrogen) atoms. The fraction of sp³-hybridized carbons (Fsp3) is 0.0208. The molecule has 0 spiro atoms. The Labute approximate surface area is 302 Å². The highest BCUT2D eigenvalue weighted by Crippen LogP contribution is 2.56. The van der Waals surface area contributed by atoms with Gasteiger partial charge < -0.3 is 9.13 Å². The fourth-order valence-corrected chi connectivity index (χ4v) is 11.2. The zero-order valence-electron chi connectivity index (χ0n) is 28.3. The number of pyridine rings is 1. The minimum absolute atomic E-state index is 0.709. The maximum atomic E-state index is 15.4. The lowest BCUT2D eigenvalue weighted by Crippen LogP contribution is -2.31. The van der Waals surface area contributed by atoms with Gasteiger partial charge in [-0.15, -0.1) is 0 Å². The standard InChI is InChI=1S/C48H33N2OP/c51-52(36-18-6-2-7-19-36,37-20-8-3-9-21-37)38-30-28-34(29-31-38)48(43-25-13-10-22-39(43)40-23-11-14-26-44(40)48)47-32-42-41-24-12-15-27-45(41)50(46(42)33-49-47)35-16-4-1-5-17-35/h1-33H. The van der Waals surface area contributed by atoms with E-state index in [1.165, 1.54) is 27.6 Å². The van der Waals surface area contributed by atoms with Crippen LogP contribution in [0.15, 0.2) is 200 Å². The third-order valence-electron chi connectivity index (χ3n) is 10.8. The number of fused-ring (bicyclic) bond motifs is 6. The highest BCUT2D eigenvalue weighted by Gasteiger charge is 2.47. The number of hydrogen-bond donors (Lipinski definition) is 0. The van der Waals surface area contributed by atoms with E-state index in [9.17, 15) is 0 Å². The zero-order chi connectivity index (χ0) is 34.7. The van der Waals surface area contributed by atoms with E-state index in [4.69, 9.17) is 4.98 Å². The normalized spacial score (nSPS) is 13.2. The molecule has 0 atom stereocenters. The quantitative estimate of drug-likeness (QED) is 0.164. The van der Waals surface area contributed by atoms with Crippen LogP contribution in [-0.2, 0) is 9.98 Å². The topological polar surface area (TPSA) is 34.9 Å². The van der Waals surface area contributed by atoms with E-state index in [2.05, 4.69) is 144 Å². The summed E-state index contributed by atoms with van der Waals surface area (Å²) in [6, 6.07) is 67.2. The lowest BCUT2D eigenvalue weighted by molar-refractivity contribution is 0.592. The summed E-state index contributed by atoms with van der Waals surface area (Å²) in [5.74, 6) is 0. The number of rotatable bonds is 6. The van der Waals surface area contributed by atoms with Crippen LogP contribution in [0.25, 0.3) is 38.6 Å². The summed E-state index contributed by atoms with van der Waals surface area (Å²) in [5, 5.41) is 4.78. The molecule has 1 aliphatic rings. The molecule has 0 saturated carbocycles. The Hall–Kier alpha value is -6.28. The summed E-state index contributed by atoms with van der Waals surface area (Å²) in [5.41, 5.74) is 9.43. The first-order valence-corrected chi connectivity index (χ1v) is 19.4. The molecule has 7 aromatic carbocycles. The van der Waals surface area contributed by atoms with Gasteiger partial charge in [-0.05, 0) is 52.1 Å². The van der Waals surface area contributed by atoms with Crippen molar-refractivity contribution < 1.29 is 4.57 Å². The second-order valence-corrected chi connectivity index (χ2v) is 16.2. The Balaban J connectivity index is 1.25. The molecule has 0 N–H and O–H groups in total. The summed E-state index contributed by atoms with van der Waals surface area (Å²) in [6.07, 6.45) is 2.05. The van der Waals surface area contributed by atoms with Gasteiger partial charge in [0.2, 0.25) is 0 Å². The molecular weight excluding hydrogens is 652 g/mol. The van der Waals surface area contributed by atoms with Gasteiger partial charge in [0.05, 0.1) is 28.3 Å². The first kappa shape index (κ1) is 30.5. The van der Waals surface area contributed by atoms with Gasteiger partial charge in [0, 0.05) is 32.4 Å².